The molecule has 0 aromatic heterocycles. The Hall–Kier alpha value is 0.190. The van der Waals surface area contributed by atoms with Crippen LogP contribution in [-0.2, 0) is 25.8 Å². The first-order chi connectivity index (χ1) is 13.5. The molecule has 0 amide bonds. The summed E-state index contributed by atoms with van der Waals surface area (Å²) in [6.45, 7) is -0.838. The van der Waals surface area contributed by atoms with Gasteiger partial charge >= 0.3 is 6.72 Å². The van der Waals surface area contributed by atoms with E-state index in [4.69, 9.17) is 23.8 Å². The number of ether oxygens (including phenoxy) is 2. The lowest BCUT2D eigenvalue weighted by Gasteiger charge is -2.13. The summed E-state index contributed by atoms with van der Waals surface area (Å²) in [5, 5.41) is 0. The molecule has 0 aromatic carbocycles. The molecule has 1 saturated heterocycles. The third kappa shape index (κ3) is 16.0. The molecular formula is C21H41O5PS. The number of allylic oxidation sites excluding steroid dienone is 2. The summed E-state index contributed by atoms with van der Waals surface area (Å²) in [6.07, 6.45) is 21.9. The summed E-state index contributed by atoms with van der Waals surface area (Å²) in [4.78, 5) is 18.1. The van der Waals surface area contributed by atoms with Gasteiger partial charge in [0.05, 0.1) is 13.2 Å². The van der Waals surface area contributed by atoms with E-state index in [-0.39, 0.29) is 19.0 Å². The lowest BCUT2D eigenvalue weighted by molar-refractivity contribution is -0.0691. The van der Waals surface area contributed by atoms with Crippen molar-refractivity contribution in [3.63, 3.8) is 0 Å². The highest BCUT2D eigenvalue weighted by Gasteiger charge is 2.27. The first-order valence-corrected chi connectivity index (χ1v) is 13.8. The van der Waals surface area contributed by atoms with Gasteiger partial charge in [-0.1, -0.05) is 70.4 Å². The lowest BCUT2D eigenvalue weighted by Crippen LogP contribution is -2.18. The Morgan fingerprint density at radius 3 is 2.11 bits per heavy atom. The fourth-order valence-electron chi connectivity index (χ4n) is 3.31. The Labute approximate surface area is 177 Å². The molecule has 2 N–H and O–H groups in total. The zero-order chi connectivity index (χ0) is 20.5. The van der Waals surface area contributed by atoms with E-state index in [2.05, 4.69) is 30.9 Å². The fraction of sp³-hybridized carbons (Fsp3) is 0.905. The molecular weight excluding hydrogens is 395 g/mol. The van der Waals surface area contributed by atoms with E-state index >= 15 is 0 Å². The molecule has 1 aliphatic rings. The predicted molar refractivity (Wildman–Crippen MR) is 119 cm³/mol. The van der Waals surface area contributed by atoms with Crippen LogP contribution in [0.2, 0.25) is 0 Å². The highest BCUT2D eigenvalue weighted by Crippen LogP contribution is 2.37. The molecule has 28 heavy (non-hydrogen) atoms. The average molecular weight is 437 g/mol. The van der Waals surface area contributed by atoms with Gasteiger partial charge in [-0.2, -0.15) is 0 Å². The molecule has 166 valence electrons. The molecule has 0 aromatic rings. The van der Waals surface area contributed by atoms with Crippen LogP contribution in [0.15, 0.2) is 12.2 Å². The largest absolute Gasteiger partial charge is 0.350 e. The topological polar surface area (TPSA) is 68.2 Å². The molecule has 0 aliphatic carbocycles. The molecule has 1 heterocycles. The third-order valence-corrected chi connectivity index (χ3v) is 5.74. The van der Waals surface area contributed by atoms with Crippen molar-refractivity contribution >= 4 is 18.5 Å². The second-order valence-corrected chi connectivity index (χ2v) is 10.3. The van der Waals surface area contributed by atoms with Gasteiger partial charge in [0.1, 0.15) is 6.10 Å². The zero-order valence-electron chi connectivity index (χ0n) is 17.6. The van der Waals surface area contributed by atoms with Gasteiger partial charge in [-0.15, -0.1) is 0 Å². The minimum absolute atomic E-state index is 0.0775. The minimum atomic E-state index is -3.60. The van der Waals surface area contributed by atoms with Crippen molar-refractivity contribution in [1.82, 2.24) is 0 Å². The van der Waals surface area contributed by atoms with Crippen molar-refractivity contribution in [2.24, 2.45) is 0 Å². The number of rotatable bonds is 18. The van der Waals surface area contributed by atoms with Crippen molar-refractivity contribution < 1.29 is 23.8 Å². The van der Waals surface area contributed by atoms with E-state index in [1.165, 1.54) is 77.0 Å². The van der Waals surface area contributed by atoms with Crippen molar-refractivity contribution in [2.45, 2.75) is 109 Å². The standard InChI is InChI=1S/C21H41O5PS/c1-2-3-4-5-6-7-8-9-10-11-12-13-14-15-16-17-21-24-18-20(26-21)19-25-27(22,23)28/h8-9,20-21H,2-7,10-19H2,1H3,(H2,22,23,28)/b9-8+/t20-,21+/m1/s1. The first-order valence-electron chi connectivity index (χ1n) is 11.1. The summed E-state index contributed by atoms with van der Waals surface area (Å²) < 4.78 is 16.0. The van der Waals surface area contributed by atoms with E-state index in [0.717, 1.165) is 12.8 Å². The Balaban J connectivity index is 1.83. The summed E-state index contributed by atoms with van der Waals surface area (Å²) in [6, 6.07) is 0. The average Bonchev–Trinajstić information content (AvgIpc) is 3.10. The van der Waals surface area contributed by atoms with Gasteiger partial charge < -0.3 is 23.8 Å². The highest BCUT2D eigenvalue weighted by atomic mass is 32.5. The maximum Gasteiger partial charge on any atom is 0.321 e. The molecule has 0 bridgehead atoms. The molecule has 5 nitrogen and oxygen atoms in total. The van der Waals surface area contributed by atoms with Gasteiger partial charge in [0, 0.05) is 0 Å². The van der Waals surface area contributed by atoms with E-state index < -0.39 is 6.72 Å². The Kier molecular flexibility index (Phi) is 15.9. The van der Waals surface area contributed by atoms with Gasteiger partial charge in [-0.25, -0.2) is 0 Å². The minimum Gasteiger partial charge on any atom is -0.350 e. The molecule has 2 atom stereocenters. The van der Waals surface area contributed by atoms with E-state index in [9.17, 15) is 0 Å². The molecule has 1 fully saturated rings. The molecule has 0 unspecified atom stereocenters. The van der Waals surface area contributed by atoms with Crippen molar-refractivity contribution in [3.05, 3.63) is 12.2 Å². The number of hydrogen-bond acceptors (Lipinski definition) is 4. The van der Waals surface area contributed by atoms with Gasteiger partial charge in [-0.3, -0.25) is 0 Å². The maximum atomic E-state index is 9.06. The van der Waals surface area contributed by atoms with Gasteiger partial charge in [0.2, 0.25) is 0 Å². The van der Waals surface area contributed by atoms with Crippen LogP contribution in [0.25, 0.3) is 0 Å². The molecule has 0 radical (unpaired) electrons. The summed E-state index contributed by atoms with van der Waals surface area (Å²) in [7, 11) is 0. The molecule has 7 heteroatoms. The van der Waals surface area contributed by atoms with Crippen molar-refractivity contribution in [3.8, 4) is 0 Å². The van der Waals surface area contributed by atoms with E-state index in [0.29, 0.717) is 6.61 Å². The normalized spacial score (nSPS) is 20.4. The molecule has 0 saturated carbocycles. The van der Waals surface area contributed by atoms with Crippen LogP contribution in [0.3, 0.4) is 0 Å². The second kappa shape index (κ2) is 16.9. The van der Waals surface area contributed by atoms with Crippen molar-refractivity contribution in [2.75, 3.05) is 13.2 Å². The van der Waals surface area contributed by atoms with Gasteiger partial charge in [0.25, 0.3) is 0 Å². The maximum absolute atomic E-state index is 9.06. The van der Waals surface area contributed by atoms with Crippen LogP contribution in [0.5, 0.6) is 0 Å². The van der Waals surface area contributed by atoms with Gasteiger partial charge in [-0.05, 0) is 50.3 Å². The van der Waals surface area contributed by atoms with Gasteiger partial charge in [0.15, 0.2) is 6.29 Å². The highest BCUT2D eigenvalue weighted by molar-refractivity contribution is 8.06. The number of unbranched alkanes of at least 4 members (excludes halogenated alkanes) is 11. The molecule has 0 spiro atoms. The number of hydrogen-bond donors (Lipinski definition) is 2. The fourth-order valence-corrected chi connectivity index (χ4v) is 3.85. The first kappa shape index (κ1) is 26.2. The lowest BCUT2D eigenvalue weighted by atomic mass is 10.1. The summed E-state index contributed by atoms with van der Waals surface area (Å²) >= 11 is 4.42. The Bertz CT molecular complexity index is 441. The van der Waals surface area contributed by atoms with Crippen LogP contribution in [0.4, 0.5) is 0 Å². The second-order valence-electron chi connectivity index (χ2n) is 7.68. The van der Waals surface area contributed by atoms with Crippen LogP contribution in [0.1, 0.15) is 96.8 Å². The zero-order valence-corrected chi connectivity index (χ0v) is 19.3. The smallest absolute Gasteiger partial charge is 0.321 e. The van der Waals surface area contributed by atoms with Crippen LogP contribution >= 0.6 is 6.72 Å². The van der Waals surface area contributed by atoms with Crippen molar-refractivity contribution in [1.29, 1.82) is 0 Å². The van der Waals surface area contributed by atoms with E-state index in [1.54, 1.807) is 0 Å². The SMILES string of the molecule is CCCCCCC/C=C/CCCCCCCC[C@H]1OC[C@H](COP(O)(O)=S)O1. The Morgan fingerprint density at radius 1 is 0.929 bits per heavy atom. The summed E-state index contributed by atoms with van der Waals surface area (Å²) in [5.41, 5.74) is 0. The predicted octanol–water partition coefficient (Wildman–Crippen LogP) is 5.99. The third-order valence-electron chi connectivity index (χ3n) is 4.94. The molecule has 1 rings (SSSR count). The quantitative estimate of drug-likeness (QED) is 0.156. The van der Waals surface area contributed by atoms with Crippen LogP contribution in [-0.4, -0.2) is 35.4 Å². The van der Waals surface area contributed by atoms with E-state index in [1.807, 2.05) is 0 Å². The van der Waals surface area contributed by atoms with Crippen LogP contribution in [0, 0.1) is 0 Å². The monoisotopic (exact) mass is 436 g/mol. The van der Waals surface area contributed by atoms with Crippen LogP contribution < -0.4 is 0 Å². The molecule has 1 aliphatic heterocycles. The summed E-state index contributed by atoms with van der Waals surface area (Å²) in [5.74, 6) is 0. The Morgan fingerprint density at radius 2 is 1.50 bits per heavy atom.